The summed E-state index contributed by atoms with van der Waals surface area (Å²) in [5.74, 6) is 1.53. The zero-order valence-electron chi connectivity index (χ0n) is 19.0. The largest absolute Gasteiger partial charge is 0.497 e. The molecule has 1 aliphatic rings. The average molecular weight is 531 g/mol. The fourth-order valence-electron chi connectivity index (χ4n) is 3.85. The second-order valence-electron chi connectivity index (χ2n) is 8.45. The highest BCUT2D eigenvalue weighted by Crippen LogP contribution is 2.37. The van der Waals surface area contributed by atoms with Gasteiger partial charge in [0.15, 0.2) is 5.96 Å². The summed E-state index contributed by atoms with van der Waals surface area (Å²) in [5.41, 5.74) is 1.35. The second kappa shape index (κ2) is 13.0. The molecule has 1 aromatic rings. The van der Waals surface area contributed by atoms with Gasteiger partial charge in [-0.05, 0) is 44.6 Å². The van der Waals surface area contributed by atoms with E-state index in [-0.39, 0.29) is 41.8 Å². The third-order valence-electron chi connectivity index (χ3n) is 5.43. The lowest BCUT2D eigenvalue weighted by molar-refractivity contribution is -0.127. The van der Waals surface area contributed by atoms with Crippen LogP contribution in [0.1, 0.15) is 31.2 Å². The van der Waals surface area contributed by atoms with Crippen molar-refractivity contribution in [1.29, 1.82) is 0 Å². The minimum Gasteiger partial charge on any atom is -0.497 e. The Bertz CT molecular complexity index is 671. The molecular formula is C22H38IN5O2. The number of hydrogen-bond donors (Lipinski definition) is 2. The number of likely N-dealkylation sites (N-methyl/N-ethyl adjacent to an activating group) is 1. The molecule has 2 N–H and O–H groups in total. The van der Waals surface area contributed by atoms with Gasteiger partial charge in [-0.1, -0.05) is 25.0 Å². The predicted molar refractivity (Wildman–Crippen MR) is 134 cm³/mol. The van der Waals surface area contributed by atoms with Crippen LogP contribution < -0.4 is 15.4 Å². The van der Waals surface area contributed by atoms with Crippen molar-refractivity contribution in [3.63, 3.8) is 0 Å². The SMILES string of the molecule is COc1ccc(CN=C(NCC(=O)N(C)C)NCC2(CN(C)C)CCCC2)cc1.I. The molecule has 1 aromatic carbocycles. The van der Waals surface area contributed by atoms with E-state index in [1.54, 1.807) is 26.1 Å². The van der Waals surface area contributed by atoms with Crippen molar-refractivity contribution >= 4 is 35.8 Å². The summed E-state index contributed by atoms with van der Waals surface area (Å²) in [4.78, 5) is 20.6. The minimum absolute atomic E-state index is 0. The maximum Gasteiger partial charge on any atom is 0.241 e. The van der Waals surface area contributed by atoms with Crippen molar-refractivity contribution < 1.29 is 9.53 Å². The molecule has 1 saturated carbocycles. The monoisotopic (exact) mass is 531 g/mol. The van der Waals surface area contributed by atoms with Crippen molar-refractivity contribution in [2.45, 2.75) is 32.2 Å². The molecule has 1 amide bonds. The van der Waals surface area contributed by atoms with Gasteiger partial charge in [0.1, 0.15) is 5.75 Å². The maximum atomic E-state index is 12.0. The summed E-state index contributed by atoms with van der Waals surface area (Å²) < 4.78 is 5.21. The number of nitrogens with zero attached hydrogens (tertiary/aromatic N) is 3. The van der Waals surface area contributed by atoms with Crippen LogP contribution in [-0.4, -0.2) is 76.6 Å². The van der Waals surface area contributed by atoms with Crippen molar-refractivity contribution in [2.24, 2.45) is 10.4 Å². The van der Waals surface area contributed by atoms with Crippen LogP contribution in [0.5, 0.6) is 5.75 Å². The topological polar surface area (TPSA) is 69.2 Å². The standard InChI is InChI=1S/C22H37N5O2.HI/c1-26(2)17-22(12-6-7-13-22)16-25-21(24-15-20(28)27(3)4)23-14-18-8-10-19(29-5)11-9-18;/h8-11H,6-7,12-17H2,1-5H3,(H2,23,24,25);1H. The molecule has 0 heterocycles. The van der Waals surface area contributed by atoms with Gasteiger partial charge in [-0.2, -0.15) is 0 Å². The quantitative estimate of drug-likeness (QED) is 0.291. The summed E-state index contributed by atoms with van der Waals surface area (Å²) in [6.07, 6.45) is 5.00. The number of carbonyl (C=O) groups is 1. The number of methoxy groups -OCH3 is 1. The van der Waals surface area contributed by atoms with Gasteiger partial charge in [-0.25, -0.2) is 4.99 Å². The third-order valence-corrected chi connectivity index (χ3v) is 5.43. The van der Waals surface area contributed by atoms with Crippen molar-refractivity contribution in [2.75, 3.05) is 54.9 Å². The van der Waals surface area contributed by atoms with Crippen LogP contribution in [0.15, 0.2) is 29.3 Å². The summed E-state index contributed by atoms with van der Waals surface area (Å²) in [6.45, 7) is 2.68. The summed E-state index contributed by atoms with van der Waals surface area (Å²) in [6, 6.07) is 7.89. The third kappa shape index (κ3) is 8.67. The lowest BCUT2D eigenvalue weighted by Crippen LogP contribution is -2.48. The highest BCUT2D eigenvalue weighted by atomic mass is 127. The van der Waals surface area contributed by atoms with Gasteiger partial charge in [0.2, 0.25) is 5.91 Å². The van der Waals surface area contributed by atoms with Gasteiger partial charge in [-0.15, -0.1) is 24.0 Å². The van der Waals surface area contributed by atoms with Gasteiger partial charge in [-0.3, -0.25) is 4.79 Å². The maximum absolute atomic E-state index is 12.0. The van der Waals surface area contributed by atoms with E-state index in [0.29, 0.717) is 12.5 Å². The van der Waals surface area contributed by atoms with E-state index in [1.807, 2.05) is 24.3 Å². The number of rotatable bonds is 9. The summed E-state index contributed by atoms with van der Waals surface area (Å²) in [5, 5.41) is 6.71. The smallest absolute Gasteiger partial charge is 0.241 e. The van der Waals surface area contributed by atoms with E-state index < -0.39 is 0 Å². The molecule has 0 atom stereocenters. The van der Waals surface area contributed by atoms with Crippen LogP contribution in [0.3, 0.4) is 0 Å². The Morgan fingerprint density at radius 3 is 2.27 bits per heavy atom. The Balaban J connectivity index is 0.00000450. The predicted octanol–water partition coefficient (Wildman–Crippen LogP) is 2.56. The number of aliphatic imine (C=N–C) groups is 1. The van der Waals surface area contributed by atoms with Crippen molar-refractivity contribution in [1.82, 2.24) is 20.4 Å². The van der Waals surface area contributed by atoms with Crippen molar-refractivity contribution in [3.05, 3.63) is 29.8 Å². The van der Waals surface area contributed by atoms with Gasteiger partial charge >= 0.3 is 0 Å². The first-order valence-electron chi connectivity index (χ1n) is 10.3. The number of nitrogens with one attached hydrogen (secondary N) is 2. The average Bonchev–Trinajstić information content (AvgIpc) is 3.15. The number of guanidine groups is 1. The molecular weight excluding hydrogens is 493 g/mol. The first kappa shape index (κ1) is 26.5. The summed E-state index contributed by atoms with van der Waals surface area (Å²) >= 11 is 0. The minimum atomic E-state index is 0. The molecule has 30 heavy (non-hydrogen) atoms. The molecule has 1 aliphatic carbocycles. The molecule has 0 saturated heterocycles. The fraction of sp³-hybridized carbons (Fsp3) is 0.636. The highest BCUT2D eigenvalue weighted by molar-refractivity contribution is 14.0. The summed E-state index contributed by atoms with van der Waals surface area (Å²) in [7, 11) is 9.44. The lowest BCUT2D eigenvalue weighted by Gasteiger charge is -2.33. The molecule has 170 valence electrons. The fourth-order valence-corrected chi connectivity index (χ4v) is 3.85. The van der Waals surface area contributed by atoms with Crippen LogP contribution in [0.2, 0.25) is 0 Å². The van der Waals surface area contributed by atoms with Crippen LogP contribution in [0.25, 0.3) is 0 Å². The zero-order valence-corrected chi connectivity index (χ0v) is 21.4. The Morgan fingerprint density at radius 2 is 1.73 bits per heavy atom. The van der Waals surface area contributed by atoms with E-state index in [9.17, 15) is 4.79 Å². The van der Waals surface area contributed by atoms with Crippen LogP contribution in [0, 0.1) is 5.41 Å². The Kier molecular flexibility index (Phi) is 11.5. The van der Waals surface area contributed by atoms with E-state index in [1.165, 1.54) is 25.7 Å². The molecule has 8 heteroatoms. The lowest BCUT2D eigenvalue weighted by atomic mass is 9.85. The number of carbonyl (C=O) groups excluding carboxylic acids is 1. The van der Waals surface area contributed by atoms with Crippen LogP contribution >= 0.6 is 24.0 Å². The molecule has 0 aromatic heterocycles. The molecule has 1 fully saturated rings. The molecule has 0 aliphatic heterocycles. The number of halogens is 1. The van der Waals surface area contributed by atoms with Gasteiger partial charge in [0.25, 0.3) is 0 Å². The van der Waals surface area contributed by atoms with E-state index in [2.05, 4.69) is 29.6 Å². The van der Waals surface area contributed by atoms with Gasteiger partial charge in [0.05, 0.1) is 20.2 Å². The van der Waals surface area contributed by atoms with E-state index in [0.717, 1.165) is 24.4 Å². The first-order valence-corrected chi connectivity index (χ1v) is 10.3. The molecule has 0 spiro atoms. The van der Waals surface area contributed by atoms with Gasteiger partial charge in [0, 0.05) is 32.6 Å². The van der Waals surface area contributed by atoms with E-state index in [4.69, 9.17) is 9.73 Å². The first-order chi connectivity index (χ1) is 13.8. The molecule has 7 nitrogen and oxygen atoms in total. The van der Waals surface area contributed by atoms with Crippen LogP contribution in [0.4, 0.5) is 0 Å². The molecule has 0 radical (unpaired) electrons. The molecule has 0 bridgehead atoms. The van der Waals surface area contributed by atoms with Crippen LogP contribution in [-0.2, 0) is 11.3 Å². The Hall–Kier alpha value is -1.55. The molecule has 0 unspecified atom stereocenters. The second-order valence-corrected chi connectivity index (χ2v) is 8.45. The zero-order chi connectivity index (χ0) is 21.3. The molecule has 2 rings (SSSR count). The van der Waals surface area contributed by atoms with Crippen molar-refractivity contribution in [3.8, 4) is 5.75 Å². The van der Waals surface area contributed by atoms with Gasteiger partial charge < -0.3 is 25.2 Å². The number of benzene rings is 1. The number of hydrogen-bond acceptors (Lipinski definition) is 4. The number of amides is 1. The number of ether oxygens (including phenoxy) is 1. The highest BCUT2D eigenvalue weighted by Gasteiger charge is 2.34. The normalized spacial score (nSPS) is 15.5. The van der Waals surface area contributed by atoms with E-state index >= 15 is 0 Å². The Labute approximate surface area is 198 Å². The Morgan fingerprint density at radius 1 is 1.10 bits per heavy atom.